The lowest BCUT2D eigenvalue weighted by Gasteiger charge is -2.44. The molecule has 0 radical (unpaired) electrons. The van der Waals surface area contributed by atoms with Crippen molar-refractivity contribution in [3.63, 3.8) is 0 Å². The van der Waals surface area contributed by atoms with Gasteiger partial charge in [-0.2, -0.15) is 0 Å². The maximum absolute atomic E-state index is 13.6. The smallest absolute Gasteiger partial charge is 0.254 e. The number of benzene rings is 1. The van der Waals surface area contributed by atoms with Crippen LogP contribution in [0.15, 0.2) is 24.3 Å². The predicted molar refractivity (Wildman–Crippen MR) is 113 cm³/mol. The monoisotopic (exact) mass is 384 g/mol. The summed E-state index contributed by atoms with van der Waals surface area (Å²) in [6.07, 6.45) is 12.7. The molecule has 154 valence electrons. The summed E-state index contributed by atoms with van der Waals surface area (Å²) < 4.78 is 0. The van der Waals surface area contributed by atoms with Gasteiger partial charge in [-0.3, -0.25) is 9.59 Å². The molecular weight excluding hydrogens is 348 g/mol. The van der Waals surface area contributed by atoms with Crippen molar-refractivity contribution in [1.29, 1.82) is 0 Å². The molecule has 2 atom stereocenters. The molecule has 0 bridgehead atoms. The van der Waals surface area contributed by atoms with Gasteiger partial charge in [-0.1, -0.05) is 38.5 Å². The van der Waals surface area contributed by atoms with Crippen molar-refractivity contribution >= 4 is 11.8 Å². The normalized spacial score (nSPS) is 21.1. The molecule has 4 nitrogen and oxygen atoms in total. The van der Waals surface area contributed by atoms with Crippen LogP contribution in [0.1, 0.15) is 98.8 Å². The Bertz CT molecular complexity index is 634. The Morgan fingerprint density at radius 1 is 0.786 bits per heavy atom. The van der Waals surface area contributed by atoms with Crippen LogP contribution in [-0.2, 0) is 0 Å². The lowest BCUT2D eigenvalue weighted by atomic mass is 9.80. The van der Waals surface area contributed by atoms with Crippen molar-refractivity contribution in [2.24, 2.45) is 17.6 Å². The first-order valence-electron chi connectivity index (χ1n) is 11.2. The quantitative estimate of drug-likeness (QED) is 0.736. The Kier molecular flexibility index (Phi) is 7.14. The highest BCUT2D eigenvalue weighted by molar-refractivity contribution is 5.97. The van der Waals surface area contributed by atoms with Gasteiger partial charge in [0.25, 0.3) is 5.91 Å². The Hall–Kier alpha value is -1.84. The van der Waals surface area contributed by atoms with Gasteiger partial charge in [0.15, 0.2) is 0 Å². The Labute approximate surface area is 169 Å². The lowest BCUT2D eigenvalue weighted by Crippen LogP contribution is -2.51. The Morgan fingerprint density at radius 3 is 1.57 bits per heavy atom. The van der Waals surface area contributed by atoms with Crippen LogP contribution in [0.3, 0.4) is 0 Å². The number of nitrogens with zero attached hydrogens (tertiary/aromatic N) is 1. The molecule has 0 aliphatic heterocycles. The van der Waals surface area contributed by atoms with E-state index in [-0.39, 0.29) is 18.0 Å². The number of carbonyl (C=O) groups is 2. The summed E-state index contributed by atoms with van der Waals surface area (Å²) in [5.41, 5.74) is 6.47. The predicted octanol–water partition coefficient (Wildman–Crippen LogP) is 5.17. The van der Waals surface area contributed by atoms with E-state index in [1.54, 1.807) is 24.3 Å². The molecule has 2 fully saturated rings. The van der Waals surface area contributed by atoms with E-state index in [1.807, 2.05) is 0 Å². The summed E-state index contributed by atoms with van der Waals surface area (Å²) in [6, 6.07) is 7.36. The standard InChI is InChI=1S/C24H36N2O2/c1-17(19-9-5-3-6-10-19)26(18(2)20-11-7-4-8-12-20)24(28)22-15-13-21(14-16-22)23(25)27/h13-20H,3-12H2,1-2H3,(H2,25,27). The van der Waals surface area contributed by atoms with Gasteiger partial charge in [-0.05, 0) is 75.6 Å². The molecule has 2 amide bonds. The molecule has 1 aromatic carbocycles. The molecule has 4 heteroatoms. The van der Waals surface area contributed by atoms with E-state index < -0.39 is 5.91 Å². The fourth-order valence-corrected chi connectivity index (χ4v) is 5.35. The fourth-order valence-electron chi connectivity index (χ4n) is 5.35. The topological polar surface area (TPSA) is 63.4 Å². The first-order valence-corrected chi connectivity index (χ1v) is 11.2. The number of rotatable bonds is 6. The fraction of sp³-hybridized carbons (Fsp3) is 0.667. The summed E-state index contributed by atoms with van der Waals surface area (Å²) in [5, 5.41) is 0. The van der Waals surface area contributed by atoms with Crippen LogP contribution >= 0.6 is 0 Å². The van der Waals surface area contributed by atoms with E-state index in [2.05, 4.69) is 18.7 Å². The lowest BCUT2D eigenvalue weighted by molar-refractivity contribution is 0.0349. The van der Waals surface area contributed by atoms with E-state index in [0.717, 1.165) is 0 Å². The van der Waals surface area contributed by atoms with E-state index in [0.29, 0.717) is 23.0 Å². The van der Waals surface area contributed by atoms with Gasteiger partial charge in [-0.15, -0.1) is 0 Å². The van der Waals surface area contributed by atoms with Crippen LogP contribution in [0.5, 0.6) is 0 Å². The molecule has 0 heterocycles. The number of hydrogen-bond acceptors (Lipinski definition) is 2. The highest BCUT2D eigenvalue weighted by Crippen LogP contribution is 2.35. The maximum atomic E-state index is 13.6. The van der Waals surface area contributed by atoms with Gasteiger partial charge in [0, 0.05) is 23.2 Å². The average molecular weight is 385 g/mol. The van der Waals surface area contributed by atoms with Crippen LogP contribution in [0.2, 0.25) is 0 Å². The van der Waals surface area contributed by atoms with Crippen LogP contribution < -0.4 is 5.73 Å². The molecule has 2 aliphatic carbocycles. The van der Waals surface area contributed by atoms with Crippen molar-refractivity contribution in [3.8, 4) is 0 Å². The van der Waals surface area contributed by atoms with Crippen molar-refractivity contribution in [1.82, 2.24) is 4.90 Å². The summed E-state index contributed by atoms with van der Waals surface area (Å²) in [6.45, 7) is 4.51. The average Bonchev–Trinajstić information content (AvgIpc) is 2.75. The van der Waals surface area contributed by atoms with Gasteiger partial charge in [0.05, 0.1) is 0 Å². The molecule has 3 rings (SSSR count). The van der Waals surface area contributed by atoms with E-state index >= 15 is 0 Å². The Morgan fingerprint density at radius 2 is 1.18 bits per heavy atom. The van der Waals surface area contributed by atoms with Crippen LogP contribution in [-0.4, -0.2) is 28.8 Å². The minimum absolute atomic E-state index is 0.104. The molecule has 2 unspecified atom stereocenters. The zero-order chi connectivity index (χ0) is 20.1. The van der Waals surface area contributed by atoms with E-state index in [4.69, 9.17) is 5.73 Å². The zero-order valence-electron chi connectivity index (χ0n) is 17.5. The Balaban J connectivity index is 1.84. The molecule has 2 aliphatic rings. The van der Waals surface area contributed by atoms with Crippen LogP contribution in [0.4, 0.5) is 0 Å². The van der Waals surface area contributed by atoms with Crippen molar-refractivity contribution < 1.29 is 9.59 Å². The van der Waals surface area contributed by atoms with Crippen LogP contribution in [0, 0.1) is 11.8 Å². The molecule has 0 aromatic heterocycles. The maximum Gasteiger partial charge on any atom is 0.254 e. The molecule has 2 saturated carbocycles. The highest BCUT2D eigenvalue weighted by Gasteiger charge is 2.35. The number of hydrogen-bond donors (Lipinski definition) is 1. The number of primary amides is 1. The van der Waals surface area contributed by atoms with E-state index in [9.17, 15) is 9.59 Å². The minimum Gasteiger partial charge on any atom is -0.366 e. The van der Waals surface area contributed by atoms with E-state index in [1.165, 1.54) is 64.2 Å². The largest absolute Gasteiger partial charge is 0.366 e. The first kappa shape index (κ1) is 20.9. The van der Waals surface area contributed by atoms with Crippen molar-refractivity contribution in [3.05, 3.63) is 35.4 Å². The summed E-state index contributed by atoms with van der Waals surface area (Å²) in [5.74, 6) is 0.830. The third-order valence-electron chi connectivity index (χ3n) is 7.19. The second-order valence-electron chi connectivity index (χ2n) is 8.93. The second kappa shape index (κ2) is 9.58. The van der Waals surface area contributed by atoms with Crippen molar-refractivity contribution in [2.75, 3.05) is 0 Å². The van der Waals surface area contributed by atoms with Gasteiger partial charge in [-0.25, -0.2) is 0 Å². The minimum atomic E-state index is -0.456. The number of carbonyl (C=O) groups excluding carboxylic acids is 2. The molecular formula is C24H36N2O2. The molecule has 0 spiro atoms. The third kappa shape index (κ3) is 4.76. The first-order chi connectivity index (χ1) is 13.5. The van der Waals surface area contributed by atoms with Gasteiger partial charge in [0.1, 0.15) is 0 Å². The molecule has 28 heavy (non-hydrogen) atoms. The zero-order valence-corrected chi connectivity index (χ0v) is 17.5. The molecule has 2 N–H and O–H groups in total. The summed E-state index contributed by atoms with van der Waals surface area (Å²) in [4.78, 5) is 27.2. The van der Waals surface area contributed by atoms with Gasteiger partial charge < -0.3 is 10.6 Å². The van der Waals surface area contributed by atoms with Crippen LogP contribution in [0.25, 0.3) is 0 Å². The summed E-state index contributed by atoms with van der Waals surface area (Å²) >= 11 is 0. The second-order valence-corrected chi connectivity index (χ2v) is 8.93. The molecule has 1 aromatic rings. The third-order valence-corrected chi connectivity index (χ3v) is 7.19. The molecule has 0 saturated heterocycles. The summed E-state index contributed by atoms with van der Waals surface area (Å²) in [7, 11) is 0. The number of amides is 2. The number of nitrogens with two attached hydrogens (primary N) is 1. The SMILES string of the molecule is CC(C1CCCCC1)N(C(=O)c1ccc(C(N)=O)cc1)C(C)C1CCCCC1. The van der Waals surface area contributed by atoms with Crippen molar-refractivity contribution in [2.45, 2.75) is 90.1 Å². The highest BCUT2D eigenvalue weighted by atomic mass is 16.2. The van der Waals surface area contributed by atoms with Gasteiger partial charge in [0.2, 0.25) is 5.91 Å². The van der Waals surface area contributed by atoms with Gasteiger partial charge >= 0.3 is 0 Å².